The molecule has 0 bridgehead atoms. The monoisotopic (exact) mass is 401 g/mol. The summed E-state index contributed by atoms with van der Waals surface area (Å²) in [5.74, 6) is -0.332. The molecule has 2 heterocycles. The van der Waals surface area contributed by atoms with Gasteiger partial charge in [0.1, 0.15) is 17.1 Å². The summed E-state index contributed by atoms with van der Waals surface area (Å²) in [6.07, 6.45) is 1.46. The molecule has 9 nitrogen and oxygen atoms in total. The predicted molar refractivity (Wildman–Crippen MR) is 103 cm³/mol. The Kier molecular flexibility index (Phi) is 5.99. The molecule has 28 heavy (non-hydrogen) atoms. The highest BCUT2D eigenvalue weighted by molar-refractivity contribution is 7.16. The molecule has 0 radical (unpaired) electrons. The summed E-state index contributed by atoms with van der Waals surface area (Å²) >= 11 is 1.33. The third-order valence-corrected chi connectivity index (χ3v) is 5.04. The summed E-state index contributed by atoms with van der Waals surface area (Å²) in [5, 5.41) is 14.2. The van der Waals surface area contributed by atoms with Gasteiger partial charge in [-0.2, -0.15) is 0 Å². The lowest BCUT2D eigenvalue weighted by Crippen LogP contribution is -2.21. The van der Waals surface area contributed by atoms with Crippen LogP contribution in [0.4, 0.5) is 5.00 Å². The van der Waals surface area contributed by atoms with E-state index >= 15 is 0 Å². The Morgan fingerprint density at radius 2 is 2.11 bits per heavy atom. The maximum Gasteiger partial charge on any atom is 0.341 e. The molecule has 2 aromatic heterocycles. The second kappa shape index (κ2) is 8.61. The predicted octanol–water partition coefficient (Wildman–Crippen LogP) is 2.53. The number of tetrazole rings is 1. The Balaban J connectivity index is 1.66. The van der Waals surface area contributed by atoms with Crippen LogP contribution in [0.1, 0.15) is 27.7 Å². The number of aromatic nitrogens is 4. The van der Waals surface area contributed by atoms with Gasteiger partial charge in [-0.25, -0.2) is 9.48 Å². The van der Waals surface area contributed by atoms with Gasteiger partial charge in [0.15, 0.2) is 6.61 Å². The first-order chi connectivity index (χ1) is 13.5. The molecule has 0 spiro atoms. The van der Waals surface area contributed by atoms with E-state index in [2.05, 4.69) is 20.8 Å². The first-order valence-corrected chi connectivity index (χ1v) is 9.34. The van der Waals surface area contributed by atoms with E-state index in [0.717, 1.165) is 10.4 Å². The first-order valence-electron chi connectivity index (χ1n) is 8.52. The zero-order chi connectivity index (χ0) is 20.1. The molecule has 0 aliphatic rings. The summed E-state index contributed by atoms with van der Waals surface area (Å²) < 4.78 is 12.1. The average molecular weight is 401 g/mol. The Hall–Kier alpha value is -3.27. The number of aryl methyl sites for hydroxylation is 1. The molecule has 1 amide bonds. The van der Waals surface area contributed by atoms with Crippen molar-refractivity contribution in [2.75, 3.05) is 18.5 Å². The van der Waals surface area contributed by atoms with Gasteiger partial charge in [-0.3, -0.25) is 4.79 Å². The van der Waals surface area contributed by atoms with Crippen LogP contribution in [0, 0.1) is 13.8 Å². The van der Waals surface area contributed by atoms with E-state index in [1.807, 2.05) is 19.9 Å². The van der Waals surface area contributed by atoms with Crippen molar-refractivity contribution in [1.82, 2.24) is 20.2 Å². The van der Waals surface area contributed by atoms with Crippen LogP contribution in [-0.2, 0) is 9.53 Å². The third-order valence-electron chi connectivity index (χ3n) is 3.92. The molecule has 1 N–H and O–H groups in total. The number of thiophene rings is 1. The topological polar surface area (TPSA) is 108 Å². The molecule has 0 unspecified atom stereocenters. The summed E-state index contributed by atoms with van der Waals surface area (Å²) in [7, 11) is 0. The quantitative estimate of drug-likeness (QED) is 0.606. The lowest BCUT2D eigenvalue weighted by Gasteiger charge is -2.09. The van der Waals surface area contributed by atoms with Gasteiger partial charge in [0, 0.05) is 10.9 Å². The highest BCUT2D eigenvalue weighted by Gasteiger charge is 2.22. The third kappa shape index (κ3) is 4.34. The standard InChI is InChI=1S/C18H19N5O4S/c1-4-26-18(25)16-11(2)12(3)28-17(16)20-15(24)9-27-14-7-5-6-13(8-14)23-10-19-21-22-23/h5-8,10H,4,9H2,1-3H3,(H,20,24). The van der Waals surface area contributed by atoms with Crippen LogP contribution in [0.15, 0.2) is 30.6 Å². The van der Waals surface area contributed by atoms with E-state index in [-0.39, 0.29) is 19.1 Å². The normalized spacial score (nSPS) is 10.5. The fraction of sp³-hybridized carbons (Fsp3) is 0.278. The second-order valence-electron chi connectivity index (χ2n) is 5.80. The highest BCUT2D eigenvalue weighted by atomic mass is 32.1. The number of ether oxygens (including phenoxy) is 2. The number of anilines is 1. The zero-order valence-corrected chi connectivity index (χ0v) is 16.4. The number of esters is 1. The minimum Gasteiger partial charge on any atom is -0.484 e. The van der Waals surface area contributed by atoms with Gasteiger partial charge in [0.2, 0.25) is 0 Å². The maximum atomic E-state index is 12.3. The second-order valence-corrected chi connectivity index (χ2v) is 7.02. The minimum atomic E-state index is -0.449. The molecule has 0 aliphatic carbocycles. The number of hydrogen-bond acceptors (Lipinski definition) is 8. The van der Waals surface area contributed by atoms with Crippen LogP contribution in [-0.4, -0.2) is 45.3 Å². The lowest BCUT2D eigenvalue weighted by atomic mass is 10.1. The van der Waals surface area contributed by atoms with Crippen LogP contribution in [0.3, 0.4) is 0 Å². The number of benzene rings is 1. The first kappa shape index (κ1) is 19.5. The number of amides is 1. The van der Waals surface area contributed by atoms with Gasteiger partial charge in [-0.15, -0.1) is 16.4 Å². The van der Waals surface area contributed by atoms with E-state index in [4.69, 9.17) is 9.47 Å². The number of nitrogens with one attached hydrogen (secondary N) is 1. The molecule has 3 rings (SSSR count). The molecule has 0 atom stereocenters. The van der Waals surface area contributed by atoms with E-state index < -0.39 is 5.97 Å². The van der Waals surface area contributed by atoms with E-state index in [1.54, 1.807) is 25.1 Å². The van der Waals surface area contributed by atoms with Crippen molar-refractivity contribution in [3.63, 3.8) is 0 Å². The summed E-state index contributed by atoms with van der Waals surface area (Å²) in [4.78, 5) is 25.5. The number of hydrogen-bond donors (Lipinski definition) is 1. The van der Waals surface area contributed by atoms with Crippen molar-refractivity contribution in [1.29, 1.82) is 0 Å². The van der Waals surface area contributed by atoms with Crippen molar-refractivity contribution in [2.24, 2.45) is 0 Å². The largest absolute Gasteiger partial charge is 0.484 e. The van der Waals surface area contributed by atoms with E-state index in [0.29, 0.717) is 22.0 Å². The van der Waals surface area contributed by atoms with E-state index in [1.165, 1.54) is 22.3 Å². The SMILES string of the molecule is CCOC(=O)c1c(NC(=O)COc2cccc(-n3cnnn3)c2)sc(C)c1C. The number of carbonyl (C=O) groups is 2. The maximum absolute atomic E-state index is 12.3. The van der Waals surface area contributed by atoms with Gasteiger partial charge in [0.05, 0.1) is 17.9 Å². The van der Waals surface area contributed by atoms with Crippen molar-refractivity contribution in [3.05, 3.63) is 46.6 Å². The molecule has 0 fully saturated rings. The van der Waals surface area contributed by atoms with Crippen LogP contribution >= 0.6 is 11.3 Å². The molecular formula is C18H19N5O4S. The van der Waals surface area contributed by atoms with Gasteiger partial charge >= 0.3 is 5.97 Å². The number of nitrogens with zero attached hydrogens (tertiary/aromatic N) is 4. The van der Waals surface area contributed by atoms with Crippen molar-refractivity contribution in [2.45, 2.75) is 20.8 Å². The Morgan fingerprint density at radius 3 is 2.82 bits per heavy atom. The van der Waals surface area contributed by atoms with Gasteiger partial charge in [-0.1, -0.05) is 6.07 Å². The zero-order valence-electron chi connectivity index (χ0n) is 15.6. The minimum absolute atomic E-state index is 0.211. The lowest BCUT2D eigenvalue weighted by molar-refractivity contribution is -0.118. The summed E-state index contributed by atoms with van der Waals surface area (Å²) in [5.41, 5.74) is 1.89. The van der Waals surface area contributed by atoms with Gasteiger partial charge in [0.25, 0.3) is 5.91 Å². The molecule has 3 aromatic rings. The fourth-order valence-corrected chi connectivity index (χ4v) is 3.54. The average Bonchev–Trinajstić information content (AvgIpc) is 3.30. The Bertz CT molecular complexity index is 984. The summed E-state index contributed by atoms with van der Waals surface area (Å²) in [6, 6.07) is 7.03. The molecule has 0 saturated carbocycles. The Labute approximate surface area is 165 Å². The molecule has 0 aliphatic heterocycles. The molecule has 10 heteroatoms. The van der Waals surface area contributed by atoms with Crippen LogP contribution < -0.4 is 10.1 Å². The summed E-state index contributed by atoms with van der Waals surface area (Å²) in [6.45, 7) is 5.51. The number of carbonyl (C=O) groups excluding carboxylic acids is 2. The Morgan fingerprint density at radius 1 is 1.29 bits per heavy atom. The molecular weight excluding hydrogens is 382 g/mol. The van der Waals surface area contributed by atoms with Crippen LogP contribution in [0.2, 0.25) is 0 Å². The van der Waals surface area contributed by atoms with Crippen LogP contribution in [0.25, 0.3) is 5.69 Å². The van der Waals surface area contributed by atoms with Crippen molar-refractivity contribution >= 4 is 28.2 Å². The van der Waals surface area contributed by atoms with Gasteiger partial charge in [-0.05, 0) is 48.9 Å². The van der Waals surface area contributed by atoms with Crippen molar-refractivity contribution in [3.8, 4) is 11.4 Å². The van der Waals surface area contributed by atoms with Crippen molar-refractivity contribution < 1.29 is 19.1 Å². The van der Waals surface area contributed by atoms with E-state index in [9.17, 15) is 9.59 Å². The number of rotatable bonds is 7. The van der Waals surface area contributed by atoms with Gasteiger partial charge < -0.3 is 14.8 Å². The molecule has 1 aromatic carbocycles. The fourth-order valence-electron chi connectivity index (χ4n) is 2.47. The molecule has 0 saturated heterocycles. The smallest absolute Gasteiger partial charge is 0.341 e. The highest BCUT2D eigenvalue weighted by Crippen LogP contribution is 2.33. The van der Waals surface area contributed by atoms with Crippen LogP contribution in [0.5, 0.6) is 5.75 Å². The molecule has 146 valence electrons.